The number of aromatic nitrogens is 3. The van der Waals surface area contributed by atoms with Crippen LogP contribution in [0.2, 0.25) is 0 Å². The molecule has 0 unspecified atom stereocenters. The summed E-state index contributed by atoms with van der Waals surface area (Å²) in [6, 6.07) is 14.1. The van der Waals surface area contributed by atoms with E-state index in [9.17, 15) is 4.79 Å². The molecule has 0 radical (unpaired) electrons. The molecule has 0 aliphatic carbocycles. The highest BCUT2D eigenvalue weighted by Gasteiger charge is 2.15. The van der Waals surface area contributed by atoms with Crippen LogP contribution in [0.1, 0.15) is 30.4 Å². The number of carbonyl (C=O) groups excluding carboxylic acids is 1. The summed E-state index contributed by atoms with van der Waals surface area (Å²) < 4.78 is 1.92. The molecule has 0 bridgehead atoms. The lowest BCUT2D eigenvalue weighted by atomic mass is 10.1. The van der Waals surface area contributed by atoms with Crippen LogP contribution in [-0.4, -0.2) is 38.7 Å². The van der Waals surface area contributed by atoms with E-state index in [1.54, 1.807) is 18.5 Å². The summed E-state index contributed by atoms with van der Waals surface area (Å²) in [6.45, 7) is 2.39. The fraction of sp³-hybridized carbons (Fsp3) is 0.261. The van der Waals surface area contributed by atoms with Gasteiger partial charge in [-0.05, 0) is 43.0 Å². The molecule has 3 aromatic rings. The molecule has 1 aromatic carbocycles. The van der Waals surface area contributed by atoms with E-state index >= 15 is 0 Å². The summed E-state index contributed by atoms with van der Waals surface area (Å²) in [6.07, 6.45) is 12.5. The predicted octanol–water partition coefficient (Wildman–Crippen LogP) is 4.02. The number of benzene rings is 1. The van der Waals surface area contributed by atoms with Gasteiger partial charge in [0.1, 0.15) is 5.69 Å². The normalized spacial score (nSPS) is 14.5. The van der Waals surface area contributed by atoms with Gasteiger partial charge in [-0.25, -0.2) is 0 Å². The SMILES string of the molecule is O=C(/C=C/c1cn(Cc2ccccc2)nc1-c1cccnc1)N1CCCCC1. The standard InChI is InChI=1S/C23H24N4O/c28-22(26-14-5-2-6-15-26)12-11-21-18-27(17-19-8-3-1-4-9-19)25-23(21)20-10-7-13-24-16-20/h1,3-4,7-13,16,18H,2,5-6,14-15,17H2/b12-11+. The van der Waals surface area contributed by atoms with E-state index in [-0.39, 0.29) is 5.91 Å². The van der Waals surface area contributed by atoms with E-state index in [0.29, 0.717) is 6.54 Å². The summed E-state index contributed by atoms with van der Waals surface area (Å²) in [7, 11) is 0. The summed E-state index contributed by atoms with van der Waals surface area (Å²) in [4.78, 5) is 18.7. The Hall–Kier alpha value is -3.21. The van der Waals surface area contributed by atoms with E-state index < -0.39 is 0 Å². The predicted molar refractivity (Wildman–Crippen MR) is 110 cm³/mol. The molecule has 142 valence electrons. The second kappa shape index (κ2) is 8.65. The van der Waals surface area contributed by atoms with Crippen molar-refractivity contribution in [3.8, 4) is 11.3 Å². The molecule has 1 amide bonds. The molecule has 0 atom stereocenters. The number of pyridine rings is 1. The minimum absolute atomic E-state index is 0.0765. The molecular weight excluding hydrogens is 348 g/mol. The first-order chi connectivity index (χ1) is 13.8. The van der Waals surface area contributed by atoms with Crippen LogP contribution in [-0.2, 0) is 11.3 Å². The molecule has 5 heteroatoms. The number of likely N-dealkylation sites (tertiary alicyclic amines) is 1. The third-order valence-electron chi connectivity index (χ3n) is 4.99. The van der Waals surface area contributed by atoms with E-state index in [4.69, 9.17) is 5.10 Å². The highest BCUT2D eigenvalue weighted by Crippen LogP contribution is 2.23. The first-order valence-corrected chi connectivity index (χ1v) is 9.78. The van der Waals surface area contributed by atoms with Crippen LogP contribution >= 0.6 is 0 Å². The highest BCUT2D eigenvalue weighted by atomic mass is 16.2. The molecule has 1 fully saturated rings. The van der Waals surface area contributed by atoms with Crippen LogP contribution < -0.4 is 0 Å². The number of piperidine rings is 1. The Morgan fingerprint density at radius 1 is 1.04 bits per heavy atom. The highest BCUT2D eigenvalue weighted by molar-refractivity contribution is 5.92. The number of hydrogen-bond acceptors (Lipinski definition) is 3. The third-order valence-corrected chi connectivity index (χ3v) is 4.99. The number of hydrogen-bond donors (Lipinski definition) is 0. The van der Waals surface area contributed by atoms with Gasteiger partial charge in [0.05, 0.1) is 6.54 Å². The Kier molecular flexibility index (Phi) is 5.61. The zero-order valence-corrected chi connectivity index (χ0v) is 15.9. The zero-order chi connectivity index (χ0) is 19.2. The van der Waals surface area contributed by atoms with Crippen molar-refractivity contribution >= 4 is 12.0 Å². The lowest BCUT2D eigenvalue weighted by molar-refractivity contribution is -0.126. The quantitative estimate of drug-likeness (QED) is 0.636. The van der Waals surface area contributed by atoms with Gasteiger partial charge in [-0.15, -0.1) is 0 Å². The van der Waals surface area contributed by atoms with Crippen LogP contribution in [0.4, 0.5) is 0 Å². The Morgan fingerprint density at radius 3 is 2.61 bits per heavy atom. The molecule has 4 rings (SSSR count). The number of rotatable bonds is 5. The fourth-order valence-corrected chi connectivity index (χ4v) is 3.52. The number of amides is 1. The summed E-state index contributed by atoms with van der Waals surface area (Å²) in [5.41, 5.74) is 3.89. The summed E-state index contributed by atoms with van der Waals surface area (Å²) >= 11 is 0. The average molecular weight is 372 g/mol. The molecule has 1 aliphatic rings. The van der Waals surface area contributed by atoms with E-state index in [0.717, 1.165) is 42.8 Å². The molecule has 2 aromatic heterocycles. The molecule has 1 aliphatic heterocycles. The Bertz CT molecular complexity index is 941. The summed E-state index contributed by atoms with van der Waals surface area (Å²) in [5.74, 6) is 0.0765. The fourth-order valence-electron chi connectivity index (χ4n) is 3.52. The molecular formula is C23H24N4O. The van der Waals surface area contributed by atoms with Crippen molar-refractivity contribution in [3.05, 3.63) is 78.3 Å². The van der Waals surface area contributed by atoms with Crippen molar-refractivity contribution in [2.75, 3.05) is 13.1 Å². The van der Waals surface area contributed by atoms with Gasteiger partial charge in [-0.2, -0.15) is 5.10 Å². The second-order valence-corrected chi connectivity index (χ2v) is 7.08. The van der Waals surface area contributed by atoms with Gasteiger partial charge in [0.15, 0.2) is 0 Å². The van der Waals surface area contributed by atoms with E-state index in [1.165, 1.54) is 12.0 Å². The molecule has 1 saturated heterocycles. The van der Waals surface area contributed by atoms with E-state index in [2.05, 4.69) is 17.1 Å². The topological polar surface area (TPSA) is 51.0 Å². The van der Waals surface area contributed by atoms with E-state index in [1.807, 2.05) is 52.2 Å². The average Bonchev–Trinajstić information content (AvgIpc) is 3.16. The maximum atomic E-state index is 12.5. The van der Waals surface area contributed by atoms with Crippen LogP contribution in [0.3, 0.4) is 0 Å². The lowest BCUT2D eigenvalue weighted by Crippen LogP contribution is -2.34. The van der Waals surface area contributed by atoms with Gasteiger partial charge >= 0.3 is 0 Å². The monoisotopic (exact) mass is 372 g/mol. The van der Waals surface area contributed by atoms with Crippen molar-refractivity contribution in [1.29, 1.82) is 0 Å². The Labute approximate surface area is 165 Å². The second-order valence-electron chi connectivity index (χ2n) is 7.08. The molecule has 0 N–H and O–H groups in total. The minimum atomic E-state index is 0.0765. The van der Waals surface area contributed by atoms with Gasteiger partial charge < -0.3 is 4.90 Å². The molecule has 28 heavy (non-hydrogen) atoms. The van der Waals surface area contributed by atoms with Crippen LogP contribution in [0.15, 0.2) is 67.1 Å². The van der Waals surface area contributed by atoms with Crippen molar-refractivity contribution in [1.82, 2.24) is 19.7 Å². The Morgan fingerprint density at radius 2 is 1.86 bits per heavy atom. The van der Waals surface area contributed by atoms with Gasteiger partial charge in [0.2, 0.25) is 5.91 Å². The Balaban J connectivity index is 1.60. The van der Waals surface area contributed by atoms with Gasteiger partial charge in [-0.3, -0.25) is 14.5 Å². The van der Waals surface area contributed by atoms with Crippen molar-refractivity contribution in [2.24, 2.45) is 0 Å². The molecule has 0 saturated carbocycles. The van der Waals surface area contributed by atoms with Crippen LogP contribution in [0, 0.1) is 0 Å². The van der Waals surface area contributed by atoms with Crippen LogP contribution in [0.5, 0.6) is 0 Å². The first kappa shape index (κ1) is 18.2. The van der Waals surface area contributed by atoms with Crippen LogP contribution in [0.25, 0.3) is 17.3 Å². The van der Waals surface area contributed by atoms with Crippen molar-refractivity contribution in [2.45, 2.75) is 25.8 Å². The molecule has 0 spiro atoms. The lowest BCUT2D eigenvalue weighted by Gasteiger charge is -2.25. The van der Waals surface area contributed by atoms with Gasteiger partial charge in [-0.1, -0.05) is 30.3 Å². The minimum Gasteiger partial charge on any atom is -0.339 e. The van der Waals surface area contributed by atoms with Crippen molar-refractivity contribution < 1.29 is 4.79 Å². The smallest absolute Gasteiger partial charge is 0.246 e. The zero-order valence-electron chi connectivity index (χ0n) is 15.9. The number of nitrogens with zero attached hydrogens (tertiary/aromatic N) is 4. The van der Waals surface area contributed by atoms with Crippen molar-refractivity contribution in [3.63, 3.8) is 0 Å². The molecule has 5 nitrogen and oxygen atoms in total. The summed E-state index contributed by atoms with van der Waals surface area (Å²) in [5, 5.41) is 4.77. The van der Waals surface area contributed by atoms with Gasteiger partial charge in [0, 0.05) is 48.9 Å². The van der Waals surface area contributed by atoms with Gasteiger partial charge in [0.25, 0.3) is 0 Å². The number of carbonyl (C=O) groups is 1. The largest absolute Gasteiger partial charge is 0.339 e. The molecule has 3 heterocycles. The maximum absolute atomic E-state index is 12.5. The first-order valence-electron chi connectivity index (χ1n) is 9.78. The maximum Gasteiger partial charge on any atom is 0.246 e. The third kappa shape index (κ3) is 4.36.